The molecule has 0 spiro atoms. The summed E-state index contributed by atoms with van der Waals surface area (Å²) in [4.78, 5) is 16.7. The van der Waals surface area contributed by atoms with Gasteiger partial charge in [-0.15, -0.1) is 11.8 Å². The Morgan fingerprint density at radius 3 is 2.11 bits per heavy atom. The topological polar surface area (TPSA) is 107 Å². The van der Waals surface area contributed by atoms with Crippen LogP contribution in [-0.2, 0) is 16.9 Å². The van der Waals surface area contributed by atoms with Crippen molar-refractivity contribution in [3.05, 3.63) is 138 Å². The Morgan fingerprint density at radius 1 is 0.806 bits per heavy atom. The third-order valence-electron chi connectivity index (χ3n) is 10.5. The molecule has 1 aromatic heterocycles. The Balaban J connectivity index is 1.02. The van der Waals surface area contributed by atoms with Crippen LogP contribution in [0.15, 0.2) is 124 Å². The van der Waals surface area contributed by atoms with Gasteiger partial charge in [0.05, 0.1) is 28.2 Å². The Kier molecular flexibility index (Phi) is 13.1. The second-order valence-electron chi connectivity index (χ2n) is 14.2. The monoisotopic (exact) mass is 911 g/mol. The average molecular weight is 912 g/mol. The number of piperazine rings is 1. The van der Waals surface area contributed by atoms with Crippen LogP contribution in [0.2, 0.25) is 0 Å². The molecule has 0 amide bonds. The van der Waals surface area contributed by atoms with Crippen LogP contribution in [0.4, 0.5) is 49.1 Å². The van der Waals surface area contributed by atoms with Crippen LogP contribution in [0.5, 0.6) is 0 Å². The number of hydrogen-bond donors (Lipinski definition) is 3. The zero-order valence-electron chi connectivity index (χ0n) is 33.1. The Labute approximate surface area is 362 Å². The van der Waals surface area contributed by atoms with Crippen LogP contribution >= 0.6 is 23.7 Å². The fourth-order valence-corrected chi connectivity index (χ4v) is 9.77. The largest absolute Gasteiger partial charge is 0.501 e. The molecular formula is C44H39F6N5O4S3. The molecule has 0 saturated carbocycles. The molecular weight excluding hydrogens is 873 g/mol. The van der Waals surface area contributed by atoms with Gasteiger partial charge < -0.3 is 29.5 Å². The minimum atomic E-state index is -5.67. The summed E-state index contributed by atoms with van der Waals surface area (Å²) in [6.45, 7) is 3.32. The van der Waals surface area contributed by atoms with E-state index in [1.807, 2.05) is 42.5 Å². The van der Waals surface area contributed by atoms with Crippen molar-refractivity contribution in [2.75, 3.05) is 58.3 Å². The molecule has 62 heavy (non-hydrogen) atoms. The third-order valence-corrected chi connectivity index (χ3v) is 13.8. The Morgan fingerprint density at radius 2 is 1.47 bits per heavy atom. The highest BCUT2D eigenvalue weighted by Crippen LogP contribution is 2.43. The van der Waals surface area contributed by atoms with Crippen molar-refractivity contribution >= 4 is 62.3 Å². The summed E-state index contributed by atoms with van der Waals surface area (Å²) in [6, 6.07) is 28.1. The van der Waals surface area contributed by atoms with E-state index >= 15 is 8.78 Å². The number of aromatic carboxylic acids is 1. The number of aromatic nitrogens is 1. The van der Waals surface area contributed by atoms with Gasteiger partial charge in [-0.25, -0.2) is 26.4 Å². The minimum Gasteiger partial charge on any atom is -0.478 e. The van der Waals surface area contributed by atoms with Crippen LogP contribution in [0.1, 0.15) is 16.1 Å². The Bertz CT molecular complexity index is 2690. The molecule has 1 aliphatic heterocycles. The summed E-state index contributed by atoms with van der Waals surface area (Å²) in [5.74, 6) is -3.27. The summed E-state index contributed by atoms with van der Waals surface area (Å²) < 4.78 is 117. The highest BCUT2D eigenvalue weighted by molar-refractivity contribution is 8.00. The van der Waals surface area contributed by atoms with Crippen molar-refractivity contribution < 1.29 is 44.7 Å². The van der Waals surface area contributed by atoms with Crippen molar-refractivity contribution in [1.82, 2.24) is 4.57 Å². The number of rotatable bonds is 14. The van der Waals surface area contributed by atoms with E-state index in [-0.39, 0.29) is 45.3 Å². The van der Waals surface area contributed by atoms with Crippen LogP contribution in [0, 0.1) is 24.4 Å². The summed E-state index contributed by atoms with van der Waals surface area (Å²) in [7, 11) is -4.08. The minimum absolute atomic E-state index is 0.0950. The van der Waals surface area contributed by atoms with Gasteiger partial charge in [0.25, 0.3) is 9.84 Å². The van der Waals surface area contributed by atoms with Crippen LogP contribution in [0.25, 0.3) is 22.4 Å². The maximum atomic E-state index is 16.6. The van der Waals surface area contributed by atoms with Gasteiger partial charge in [0.1, 0.15) is 16.5 Å². The van der Waals surface area contributed by atoms with Crippen LogP contribution < -0.4 is 19.8 Å². The van der Waals surface area contributed by atoms with Crippen molar-refractivity contribution in [2.24, 2.45) is 7.05 Å². The number of anilines is 4. The molecule has 0 aliphatic carbocycles. The molecule has 1 saturated heterocycles. The van der Waals surface area contributed by atoms with Crippen LogP contribution in [-0.4, -0.2) is 68.0 Å². The van der Waals surface area contributed by atoms with E-state index in [0.717, 1.165) is 34.7 Å². The number of carboxylic acids is 1. The van der Waals surface area contributed by atoms with Gasteiger partial charge in [-0.3, -0.25) is 0 Å². The number of carboxylic acid groups (broad SMARTS) is 1. The lowest BCUT2D eigenvalue weighted by Crippen LogP contribution is -2.46. The first-order valence-corrected chi connectivity index (χ1v) is 22.4. The molecule has 0 bridgehead atoms. The van der Waals surface area contributed by atoms with Gasteiger partial charge in [0.2, 0.25) is 0 Å². The summed E-state index contributed by atoms with van der Waals surface area (Å²) in [5, 5.41) is 13.0. The van der Waals surface area contributed by atoms with E-state index in [0.29, 0.717) is 43.2 Å². The first-order chi connectivity index (χ1) is 29.5. The van der Waals surface area contributed by atoms with Gasteiger partial charge >= 0.3 is 11.5 Å². The number of nitrogens with one attached hydrogen (secondary N) is 2. The van der Waals surface area contributed by atoms with E-state index in [1.165, 1.54) is 65.7 Å². The highest BCUT2D eigenvalue weighted by Gasteiger charge is 2.48. The second kappa shape index (κ2) is 18.3. The number of benzene rings is 5. The van der Waals surface area contributed by atoms with Gasteiger partial charge in [-0.05, 0) is 115 Å². The molecule has 0 atom stereocenters. The average Bonchev–Trinajstić information content (AvgIpc) is 3.51. The number of sulfone groups is 1. The lowest BCUT2D eigenvalue weighted by molar-refractivity contribution is -0.0435. The summed E-state index contributed by atoms with van der Waals surface area (Å²) in [5.41, 5.74) is -4.16. The second-order valence-corrected chi connectivity index (χ2v) is 18.2. The first kappa shape index (κ1) is 44.3. The van der Waals surface area contributed by atoms with Crippen molar-refractivity contribution in [2.45, 2.75) is 27.1 Å². The third kappa shape index (κ3) is 9.22. The maximum absolute atomic E-state index is 16.6. The standard InChI is InChI=1S/C44H39F6N5O4S3/c1-27-38(43(56)57)40(42(53(27)2)28-8-10-29(45)11-9-28)39-34(46)17-19-36(41(39)47)55-23-21-54(22-24-55)31-14-12-30(13-15-31)52-61-33-16-18-35(37(26-33)62(58,59)44(48,49)50)51-20-25-60-32-6-4-3-5-7-32/h3-19,26,51-52H,20-25H2,1-2H3,(H,56,57). The molecule has 0 unspecified atom stereocenters. The van der Waals surface area contributed by atoms with Crippen molar-refractivity contribution in [3.63, 3.8) is 0 Å². The fourth-order valence-electron chi connectivity index (χ4n) is 7.26. The highest BCUT2D eigenvalue weighted by atomic mass is 32.2. The zero-order chi connectivity index (χ0) is 44.3. The van der Waals surface area contributed by atoms with Gasteiger partial charge in [0, 0.05) is 77.9 Å². The molecule has 9 nitrogen and oxygen atoms in total. The zero-order valence-corrected chi connectivity index (χ0v) is 35.6. The van der Waals surface area contributed by atoms with Crippen LogP contribution in [0.3, 0.4) is 0 Å². The first-order valence-electron chi connectivity index (χ1n) is 19.1. The number of nitrogens with zero attached hydrogens (tertiary/aromatic N) is 3. The summed E-state index contributed by atoms with van der Waals surface area (Å²) in [6.07, 6.45) is 0. The number of carbonyl (C=O) groups is 1. The molecule has 1 fully saturated rings. The number of alkyl halides is 3. The predicted octanol–water partition coefficient (Wildman–Crippen LogP) is 10.7. The van der Waals surface area contributed by atoms with E-state index in [4.69, 9.17) is 0 Å². The fraction of sp³-hybridized carbons (Fsp3) is 0.205. The SMILES string of the molecule is Cc1c(C(=O)O)c(-c2c(F)ccc(N3CCN(c4ccc(NSc5ccc(NCCSc6ccccc6)c(S(=O)(=O)C(F)(F)F)c5)cc4)CC3)c2F)c(-c2ccc(F)cc2)n1C. The van der Waals surface area contributed by atoms with E-state index in [2.05, 4.69) is 14.9 Å². The van der Waals surface area contributed by atoms with Crippen molar-refractivity contribution in [3.8, 4) is 22.4 Å². The van der Waals surface area contributed by atoms with Gasteiger partial charge in [0.15, 0.2) is 5.82 Å². The molecule has 5 aromatic carbocycles. The molecule has 324 valence electrons. The summed E-state index contributed by atoms with van der Waals surface area (Å²) >= 11 is 2.43. The van der Waals surface area contributed by atoms with E-state index in [1.54, 1.807) is 24.1 Å². The molecule has 0 radical (unpaired) electrons. The van der Waals surface area contributed by atoms with Crippen molar-refractivity contribution in [1.29, 1.82) is 0 Å². The maximum Gasteiger partial charge on any atom is 0.501 e. The Hall–Kier alpha value is -5.72. The normalized spacial score (nSPS) is 13.4. The van der Waals surface area contributed by atoms with Gasteiger partial charge in [-0.1, -0.05) is 18.2 Å². The van der Waals surface area contributed by atoms with Gasteiger partial charge in [-0.2, -0.15) is 13.2 Å². The number of halogens is 6. The quantitative estimate of drug-likeness (QED) is 0.0423. The van der Waals surface area contributed by atoms with E-state index in [9.17, 15) is 35.9 Å². The number of hydrogen-bond acceptors (Lipinski definition) is 9. The molecule has 7 rings (SSSR count). The number of thioether (sulfide) groups is 1. The molecule has 3 N–H and O–H groups in total. The lowest BCUT2D eigenvalue weighted by Gasteiger charge is -2.37. The molecule has 2 heterocycles. The molecule has 6 aromatic rings. The molecule has 18 heteroatoms. The lowest BCUT2D eigenvalue weighted by atomic mass is 9.95. The smallest absolute Gasteiger partial charge is 0.478 e. The molecule has 1 aliphatic rings. The van der Waals surface area contributed by atoms with E-state index < -0.39 is 49.2 Å². The predicted molar refractivity (Wildman–Crippen MR) is 234 cm³/mol.